The van der Waals surface area contributed by atoms with Gasteiger partial charge in [0.2, 0.25) is 6.54 Å². The maximum absolute atomic E-state index is 12.5. The van der Waals surface area contributed by atoms with Gasteiger partial charge in [-0.15, -0.1) is 11.3 Å². The Kier molecular flexibility index (Phi) is 5.71. The molecule has 138 valence electrons. The molecule has 2 aromatic heterocycles. The number of fused-ring (bicyclic) bond motifs is 1. The zero-order valence-corrected chi connectivity index (χ0v) is 16.3. The topological polar surface area (TPSA) is 59.3 Å². The lowest BCUT2D eigenvalue weighted by molar-refractivity contribution is -0.684. The summed E-state index contributed by atoms with van der Waals surface area (Å²) in [6.07, 6.45) is 6.66. The maximum Gasteiger partial charge on any atom is 0.341 e. The number of thiophene rings is 1. The lowest BCUT2D eigenvalue weighted by Gasteiger charge is -2.18. The van der Waals surface area contributed by atoms with E-state index in [-0.39, 0.29) is 18.4 Å². The van der Waals surface area contributed by atoms with E-state index >= 15 is 0 Å². The van der Waals surface area contributed by atoms with Crippen LogP contribution in [-0.2, 0) is 28.9 Å². The summed E-state index contributed by atoms with van der Waals surface area (Å²) in [6, 6.07) is 3.90. The highest BCUT2D eigenvalue weighted by atomic mass is 32.1. The van der Waals surface area contributed by atoms with Gasteiger partial charge in [0.05, 0.1) is 12.2 Å². The van der Waals surface area contributed by atoms with Crippen molar-refractivity contribution in [3.8, 4) is 0 Å². The third kappa shape index (κ3) is 4.12. The summed E-state index contributed by atoms with van der Waals surface area (Å²) in [7, 11) is 0. The van der Waals surface area contributed by atoms with Gasteiger partial charge in [-0.25, -0.2) is 4.79 Å². The Morgan fingerprint density at radius 2 is 2.23 bits per heavy atom. The zero-order valence-electron chi connectivity index (χ0n) is 15.5. The summed E-state index contributed by atoms with van der Waals surface area (Å²) in [4.78, 5) is 26.2. The van der Waals surface area contributed by atoms with Crippen molar-refractivity contribution in [2.75, 3.05) is 11.9 Å². The van der Waals surface area contributed by atoms with E-state index in [1.807, 2.05) is 36.0 Å². The van der Waals surface area contributed by atoms with Crippen molar-refractivity contribution in [3.05, 3.63) is 46.1 Å². The van der Waals surface area contributed by atoms with Crippen molar-refractivity contribution < 1.29 is 18.9 Å². The summed E-state index contributed by atoms with van der Waals surface area (Å²) in [5, 5.41) is 3.57. The van der Waals surface area contributed by atoms with E-state index in [0.29, 0.717) is 23.1 Å². The van der Waals surface area contributed by atoms with Gasteiger partial charge in [0.25, 0.3) is 5.91 Å². The van der Waals surface area contributed by atoms with Gasteiger partial charge in [-0.05, 0) is 50.7 Å². The predicted octanol–water partition coefficient (Wildman–Crippen LogP) is 3.28. The van der Waals surface area contributed by atoms with Crippen molar-refractivity contribution in [1.29, 1.82) is 0 Å². The minimum absolute atomic E-state index is 0.141. The van der Waals surface area contributed by atoms with E-state index in [4.69, 9.17) is 4.74 Å². The Bertz CT molecular complexity index is 828. The number of pyridine rings is 1. The van der Waals surface area contributed by atoms with E-state index in [9.17, 15) is 9.59 Å². The van der Waals surface area contributed by atoms with E-state index in [1.165, 1.54) is 16.2 Å². The molecule has 0 saturated carbocycles. The molecule has 3 rings (SSSR count). The van der Waals surface area contributed by atoms with E-state index in [0.717, 1.165) is 30.4 Å². The maximum atomic E-state index is 12.5. The van der Waals surface area contributed by atoms with Crippen molar-refractivity contribution in [2.24, 2.45) is 5.92 Å². The summed E-state index contributed by atoms with van der Waals surface area (Å²) in [5.74, 6) is 0.124. The molecule has 0 aromatic carbocycles. The molecule has 0 aliphatic heterocycles. The fourth-order valence-corrected chi connectivity index (χ4v) is 4.76. The third-order valence-corrected chi connectivity index (χ3v) is 5.75. The van der Waals surface area contributed by atoms with Crippen LogP contribution in [0.3, 0.4) is 0 Å². The molecule has 1 aliphatic carbocycles. The van der Waals surface area contributed by atoms with Crippen LogP contribution in [0.5, 0.6) is 0 Å². The highest BCUT2D eigenvalue weighted by molar-refractivity contribution is 7.17. The SMILES string of the molecule is CCOC(=O)c1c(NC(=O)C[n+]2cccc(C)c2)sc2c1CC[C@@H](C)C2. The lowest BCUT2D eigenvalue weighted by Crippen LogP contribution is -2.39. The number of carbonyl (C=O) groups excluding carboxylic acids is 2. The zero-order chi connectivity index (χ0) is 18.7. The molecule has 1 N–H and O–H groups in total. The number of ether oxygens (including phenoxy) is 1. The average Bonchev–Trinajstić information content (AvgIpc) is 2.91. The van der Waals surface area contributed by atoms with Crippen molar-refractivity contribution >= 4 is 28.2 Å². The fraction of sp³-hybridized carbons (Fsp3) is 0.450. The van der Waals surface area contributed by atoms with Gasteiger partial charge >= 0.3 is 5.97 Å². The Morgan fingerprint density at radius 1 is 1.42 bits per heavy atom. The molecular weight excluding hydrogens is 348 g/mol. The average molecular weight is 373 g/mol. The number of hydrogen-bond donors (Lipinski definition) is 1. The smallest absolute Gasteiger partial charge is 0.341 e. The first-order valence-electron chi connectivity index (χ1n) is 9.05. The number of aryl methyl sites for hydroxylation is 1. The standard InChI is InChI=1S/C20H24N2O3S/c1-4-25-20(24)18-15-8-7-13(2)10-16(15)26-19(18)21-17(23)12-22-9-5-6-14(3)11-22/h5-6,9,11,13H,4,7-8,10,12H2,1-3H3/p+1/t13-/m1/s1. The van der Waals surface area contributed by atoms with Gasteiger partial charge in [-0.2, -0.15) is 4.57 Å². The second-order valence-electron chi connectivity index (χ2n) is 6.88. The molecule has 2 heterocycles. The van der Waals surface area contributed by atoms with Crippen molar-refractivity contribution in [3.63, 3.8) is 0 Å². The number of carbonyl (C=O) groups is 2. The first-order chi connectivity index (χ1) is 12.5. The molecule has 2 aromatic rings. The number of hydrogen-bond acceptors (Lipinski definition) is 4. The number of anilines is 1. The molecule has 0 radical (unpaired) electrons. The van der Waals surface area contributed by atoms with Gasteiger partial charge in [-0.3, -0.25) is 4.79 Å². The molecule has 5 nitrogen and oxygen atoms in total. The first kappa shape index (κ1) is 18.6. The van der Waals surface area contributed by atoms with Crippen LogP contribution in [0.1, 0.15) is 46.6 Å². The van der Waals surface area contributed by atoms with Crippen LogP contribution in [0.25, 0.3) is 0 Å². The molecule has 0 saturated heterocycles. The van der Waals surface area contributed by atoms with E-state index < -0.39 is 0 Å². The van der Waals surface area contributed by atoms with Crippen LogP contribution in [0.4, 0.5) is 5.00 Å². The molecule has 0 unspecified atom stereocenters. The van der Waals surface area contributed by atoms with Crippen molar-refractivity contribution in [2.45, 2.75) is 46.6 Å². The third-order valence-electron chi connectivity index (χ3n) is 4.58. The second kappa shape index (κ2) is 7.99. The van der Waals surface area contributed by atoms with E-state index in [1.54, 1.807) is 6.92 Å². The van der Waals surface area contributed by atoms with Crippen LogP contribution in [0.15, 0.2) is 24.5 Å². The molecular formula is C20H25N2O3S+. The molecule has 0 bridgehead atoms. The molecule has 26 heavy (non-hydrogen) atoms. The van der Waals surface area contributed by atoms with E-state index in [2.05, 4.69) is 12.2 Å². The van der Waals surface area contributed by atoms with Crippen LogP contribution < -0.4 is 9.88 Å². The summed E-state index contributed by atoms with van der Waals surface area (Å²) >= 11 is 1.52. The number of esters is 1. The predicted molar refractivity (Wildman–Crippen MR) is 101 cm³/mol. The van der Waals surface area contributed by atoms with Gasteiger partial charge in [0.15, 0.2) is 12.4 Å². The van der Waals surface area contributed by atoms with Gasteiger partial charge in [0.1, 0.15) is 5.00 Å². The fourth-order valence-electron chi connectivity index (χ4n) is 3.34. The Hall–Kier alpha value is -2.21. The van der Waals surface area contributed by atoms with Crippen molar-refractivity contribution in [1.82, 2.24) is 0 Å². The highest BCUT2D eigenvalue weighted by Crippen LogP contribution is 2.40. The normalized spacial score (nSPS) is 16.0. The summed E-state index contributed by atoms with van der Waals surface area (Å²) < 4.78 is 7.08. The first-order valence-corrected chi connectivity index (χ1v) is 9.86. The molecule has 1 atom stereocenters. The highest BCUT2D eigenvalue weighted by Gasteiger charge is 2.29. The Balaban J connectivity index is 1.84. The quantitative estimate of drug-likeness (QED) is 0.646. The van der Waals surface area contributed by atoms with Crippen LogP contribution in [0.2, 0.25) is 0 Å². The monoisotopic (exact) mass is 373 g/mol. The van der Waals surface area contributed by atoms with Gasteiger partial charge in [-0.1, -0.05) is 6.92 Å². The van der Waals surface area contributed by atoms with Gasteiger partial charge < -0.3 is 10.1 Å². The Labute approximate surface area is 158 Å². The van der Waals surface area contributed by atoms with Crippen LogP contribution >= 0.6 is 11.3 Å². The van der Waals surface area contributed by atoms with Gasteiger partial charge in [0, 0.05) is 16.5 Å². The largest absolute Gasteiger partial charge is 0.462 e. The minimum atomic E-state index is -0.335. The summed E-state index contributed by atoms with van der Waals surface area (Å²) in [5.41, 5.74) is 2.71. The number of rotatable bonds is 5. The molecule has 1 aliphatic rings. The molecule has 0 fully saturated rings. The molecule has 6 heteroatoms. The number of nitrogens with one attached hydrogen (secondary N) is 1. The lowest BCUT2D eigenvalue weighted by atomic mass is 9.88. The minimum Gasteiger partial charge on any atom is -0.462 e. The number of aromatic nitrogens is 1. The molecule has 0 spiro atoms. The number of nitrogens with zero attached hydrogens (tertiary/aromatic N) is 1. The summed E-state index contributed by atoms with van der Waals surface area (Å²) in [6.45, 7) is 6.54. The molecule has 1 amide bonds. The second-order valence-corrected chi connectivity index (χ2v) is 7.98. The number of amides is 1. The van der Waals surface area contributed by atoms with Crippen LogP contribution in [-0.4, -0.2) is 18.5 Å². The van der Waals surface area contributed by atoms with Crippen LogP contribution in [0, 0.1) is 12.8 Å². The Morgan fingerprint density at radius 3 is 2.96 bits per heavy atom.